The summed E-state index contributed by atoms with van der Waals surface area (Å²) in [6.07, 6.45) is -4.61. The number of nitrogens with zero attached hydrogens (tertiary/aromatic N) is 3. The first-order valence-electron chi connectivity index (χ1n) is 8.46. The Morgan fingerprint density at radius 1 is 1.04 bits per heavy atom. The standard InChI is InChI=1S/C19H16F4N4O/c20-14-2-4-15(5-3-14)25-18(28)27-9-7-26(8-10-27)16-6-1-13(12-24)17(11-16)19(21,22)23/h1-6,11H,7-10H2,(H,25,28). The maximum Gasteiger partial charge on any atom is 0.417 e. The fourth-order valence-electron chi connectivity index (χ4n) is 2.96. The first kappa shape index (κ1) is 19.5. The summed E-state index contributed by atoms with van der Waals surface area (Å²) in [4.78, 5) is 15.6. The van der Waals surface area contributed by atoms with Crippen LogP contribution in [0.1, 0.15) is 11.1 Å². The van der Waals surface area contributed by atoms with Gasteiger partial charge in [0, 0.05) is 37.6 Å². The maximum atomic E-state index is 13.1. The molecule has 1 N–H and O–H groups in total. The number of rotatable bonds is 2. The highest BCUT2D eigenvalue weighted by Crippen LogP contribution is 2.34. The van der Waals surface area contributed by atoms with E-state index in [1.54, 1.807) is 11.0 Å². The van der Waals surface area contributed by atoms with Crippen molar-refractivity contribution in [1.29, 1.82) is 5.26 Å². The molecule has 1 heterocycles. The molecule has 2 aromatic rings. The minimum Gasteiger partial charge on any atom is -0.368 e. The summed E-state index contributed by atoms with van der Waals surface area (Å²) in [5, 5.41) is 11.5. The van der Waals surface area contributed by atoms with Crippen molar-refractivity contribution in [2.75, 3.05) is 36.4 Å². The van der Waals surface area contributed by atoms with E-state index in [4.69, 9.17) is 5.26 Å². The Bertz CT molecular complexity index is 898. The van der Waals surface area contributed by atoms with Gasteiger partial charge in [-0.05, 0) is 42.5 Å². The molecule has 0 aliphatic carbocycles. The van der Waals surface area contributed by atoms with Crippen molar-refractivity contribution in [3.8, 4) is 6.07 Å². The van der Waals surface area contributed by atoms with E-state index >= 15 is 0 Å². The van der Waals surface area contributed by atoms with Crippen molar-refractivity contribution < 1.29 is 22.4 Å². The van der Waals surface area contributed by atoms with E-state index in [9.17, 15) is 22.4 Å². The van der Waals surface area contributed by atoms with Gasteiger partial charge in [-0.1, -0.05) is 0 Å². The fourth-order valence-corrected chi connectivity index (χ4v) is 2.96. The Hall–Kier alpha value is -3.28. The van der Waals surface area contributed by atoms with Gasteiger partial charge in [0.15, 0.2) is 0 Å². The number of nitrogens with one attached hydrogen (secondary N) is 1. The highest BCUT2D eigenvalue weighted by Gasteiger charge is 2.34. The van der Waals surface area contributed by atoms with Crippen LogP contribution in [-0.2, 0) is 6.18 Å². The molecule has 1 fully saturated rings. The van der Waals surface area contributed by atoms with E-state index in [1.165, 1.54) is 35.2 Å². The molecule has 0 spiro atoms. The number of nitriles is 1. The molecule has 0 saturated carbocycles. The van der Waals surface area contributed by atoms with Crippen LogP contribution in [0.4, 0.5) is 33.7 Å². The molecule has 1 aliphatic rings. The van der Waals surface area contributed by atoms with Crippen molar-refractivity contribution in [1.82, 2.24) is 4.90 Å². The summed E-state index contributed by atoms with van der Waals surface area (Å²) in [5.74, 6) is -0.410. The number of hydrogen-bond donors (Lipinski definition) is 1. The Kier molecular flexibility index (Phi) is 5.40. The average molecular weight is 392 g/mol. The molecule has 3 rings (SSSR count). The van der Waals surface area contributed by atoms with Gasteiger partial charge in [-0.15, -0.1) is 0 Å². The van der Waals surface area contributed by atoms with Crippen molar-refractivity contribution >= 4 is 17.4 Å². The summed E-state index contributed by atoms with van der Waals surface area (Å²) in [6.45, 7) is 1.32. The van der Waals surface area contributed by atoms with Gasteiger partial charge in [0.25, 0.3) is 0 Å². The summed E-state index contributed by atoms with van der Waals surface area (Å²) < 4.78 is 52.3. The molecular weight excluding hydrogens is 376 g/mol. The molecule has 5 nitrogen and oxygen atoms in total. The average Bonchev–Trinajstić information content (AvgIpc) is 2.68. The smallest absolute Gasteiger partial charge is 0.368 e. The molecule has 28 heavy (non-hydrogen) atoms. The summed E-state index contributed by atoms with van der Waals surface area (Å²) >= 11 is 0. The molecule has 0 radical (unpaired) electrons. The number of carbonyl (C=O) groups excluding carboxylic acids is 1. The van der Waals surface area contributed by atoms with E-state index in [-0.39, 0.29) is 6.03 Å². The molecule has 2 amide bonds. The summed E-state index contributed by atoms with van der Waals surface area (Å²) in [7, 11) is 0. The number of benzene rings is 2. The van der Waals surface area contributed by atoms with Crippen LogP contribution in [0.2, 0.25) is 0 Å². The van der Waals surface area contributed by atoms with Crippen LogP contribution < -0.4 is 10.2 Å². The van der Waals surface area contributed by atoms with E-state index in [0.717, 1.165) is 12.1 Å². The quantitative estimate of drug-likeness (QED) is 0.784. The maximum absolute atomic E-state index is 13.1. The zero-order valence-electron chi connectivity index (χ0n) is 14.6. The predicted molar refractivity (Wildman–Crippen MR) is 95.4 cm³/mol. The van der Waals surface area contributed by atoms with Gasteiger partial charge >= 0.3 is 12.2 Å². The lowest BCUT2D eigenvalue weighted by atomic mass is 10.1. The Balaban J connectivity index is 1.64. The Morgan fingerprint density at radius 3 is 2.25 bits per heavy atom. The van der Waals surface area contributed by atoms with Crippen LogP contribution >= 0.6 is 0 Å². The number of piperazine rings is 1. The number of carbonyl (C=O) groups is 1. The molecule has 1 saturated heterocycles. The zero-order chi connectivity index (χ0) is 20.3. The van der Waals surface area contributed by atoms with Crippen LogP contribution in [0.5, 0.6) is 0 Å². The SMILES string of the molecule is N#Cc1ccc(N2CCN(C(=O)Nc3ccc(F)cc3)CC2)cc1C(F)(F)F. The van der Waals surface area contributed by atoms with E-state index in [2.05, 4.69) is 5.32 Å². The van der Waals surface area contributed by atoms with E-state index in [0.29, 0.717) is 37.6 Å². The van der Waals surface area contributed by atoms with E-state index in [1.807, 2.05) is 0 Å². The lowest BCUT2D eigenvalue weighted by Gasteiger charge is -2.36. The minimum atomic E-state index is -4.61. The molecule has 0 unspecified atom stereocenters. The van der Waals surface area contributed by atoms with Crippen LogP contribution in [0.15, 0.2) is 42.5 Å². The second-order valence-electron chi connectivity index (χ2n) is 6.25. The third-order valence-electron chi connectivity index (χ3n) is 4.46. The van der Waals surface area contributed by atoms with Gasteiger partial charge in [-0.25, -0.2) is 9.18 Å². The second kappa shape index (κ2) is 7.76. The van der Waals surface area contributed by atoms with Gasteiger partial charge in [-0.3, -0.25) is 0 Å². The predicted octanol–water partition coefficient (Wildman–Crippen LogP) is 4.07. The lowest BCUT2D eigenvalue weighted by molar-refractivity contribution is -0.137. The number of alkyl halides is 3. The Labute approximate surface area is 158 Å². The number of urea groups is 1. The van der Waals surface area contributed by atoms with Gasteiger partial charge < -0.3 is 15.1 Å². The van der Waals surface area contributed by atoms with Crippen molar-refractivity contribution in [2.24, 2.45) is 0 Å². The van der Waals surface area contributed by atoms with Crippen molar-refractivity contribution in [3.63, 3.8) is 0 Å². The summed E-state index contributed by atoms with van der Waals surface area (Å²) in [6, 6.07) is 10.1. The first-order chi connectivity index (χ1) is 13.3. The minimum absolute atomic E-state index is 0.314. The number of hydrogen-bond acceptors (Lipinski definition) is 3. The molecule has 146 valence electrons. The van der Waals surface area contributed by atoms with Gasteiger partial charge in [0.05, 0.1) is 17.2 Å². The van der Waals surface area contributed by atoms with Crippen LogP contribution in [-0.4, -0.2) is 37.1 Å². The highest BCUT2D eigenvalue weighted by atomic mass is 19.4. The van der Waals surface area contributed by atoms with Gasteiger partial charge in [0.2, 0.25) is 0 Å². The normalized spacial score (nSPS) is 14.5. The van der Waals surface area contributed by atoms with Crippen LogP contribution in [0, 0.1) is 17.1 Å². The Morgan fingerprint density at radius 2 is 1.68 bits per heavy atom. The van der Waals surface area contributed by atoms with Crippen molar-refractivity contribution in [3.05, 3.63) is 59.4 Å². The third-order valence-corrected chi connectivity index (χ3v) is 4.46. The molecule has 0 atom stereocenters. The molecular formula is C19H16F4N4O. The fraction of sp³-hybridized carbons (Fsp3) is 0.263. The number of amides is 2. The van der Waals surface area contributed by atoms with E-state index < -0.39 is 23.1 Å². The molecule has 0 aromatic heterocycles. The zero-order valence-corrected chi connectivity index (χ0v) is 14.6. The van der Waals surface area contributed by atoms with Gasteiger partial charge in [0.1, 0.15) is 5.82 Å². The third kappa shape index (κ3) is 4.34. The number of halogens is 4. The first-order valence-corrected chi connectivity index (χ1v) is 8.46. The second-order valence-corrected chi connectivity index (χ2v) is 6.25. The van der Waals surface area contributed by atoms with Gasteiger partial charge in [-0.2, -0.15) is 18.4 Å². The number of anilines is 2. The lowest BCUT2D eigenvalue weighted by Crippen LogP contribution is -2.50. The molecule has 2 aromatic carbocycles. The molecule has 1 aliphatic heterocycles. The summed E-state index contributed by atoms with van der Waals surface area (Å²) in [5.41, 5.74) is -0.585. The van der Waals surface area contributed by atoms with Crippen molar-refractivity contribution in [2.45, 2.75) is 6.18 Å². The van der Waals surface area contributed by atoms with Crippen LogP contribution in [0.3, 0.4) is 0 Å². The highest BCUT2D eigenvalue weighted by molar-refractivity contribution is 5.89. The monoisotopic (exact) mass is 392 g/mol. The largest absolute Gasteiger partial charge is 0.417 e. The molecule has 9 heteroatoms. The van der Waals surface area contributed by atoms with Crippen LogP contribution in [0.25, 0.3) is 0 Å². The topological polar surface area (TPSA) is 59.4 Å². The molecule has 0 bridgehead atoms.